The van der Waals surface area contributed by atoms with Gasteiger partial charge in [-0.2, -0.15) is 0 Å². The van der Waals surface area contributed by atoms with Crippen LogP contribution in [0.4, 0.5) is 0 Å². The maximum atomic E-state index is 13.7. The molecule has 0 rings (SSSR count). The van der Waals surface area contributed by atoms with Crippen molar-refractivity contribution in [3.8, 4) is 0 Å². The van der Waals surface area contributed by atoms with Crippen LogP contribution in [-0.2, 0) is 18.1 Å². The number of halogens is 13. The minimum Gasteiger partial charge on any atom is -0.253 e. The molecule has 3 atom stereocenters. The van der Waals surface area contributed by atoms with Crippen molar-refractivity contribution in [3.05, 3.63) is 0 Å². The Morgan fingerprint density at radius 1 is 0.774 bits per heavy atom. The molecule has 0 heterocycles. The topological polar surface area (TPSA) is 44.8 Å². The van der Waals surface area contributed by atoms with E-state index in [1.165, 1.54) is 27.7 Å². The summed E-state index contributed by atoms with van der Waals surface area (Å²) < 4.78 is 17.3. The number of rotatable bonds is 12. The molecule has 18 heteroatoms. The summed E-state index contributed by atoms with van der Waals surface area (Å²) in [6, 6.07) is 0. The third-order valence-electron chi connectivity index (χ3n) is 3.58. The van der Waals surface area contributed by atoms with Crippen LogP contribution in [0.1, 0.15) is 27.7 Å². The molecule has 31 heavy (non-hydrogen) atoms. The molecule has 0 aromatic heterocycles. The Bertz CT molecular complexity index is 633. The van der Waals surface area contributed by atoms with Crippen molar-refractivity contribution in [2.45, 2.75) is 60.1 Å². The Balaban J connectivity index is 6.50. The fourth-order valence-electron chi connectivity index (χ4n) is 1.26. The quantitative estimate of drug-likeness (QED) is 0.146. The van der Waals surface area contributed by atoms with Gasteiger partial charge in [-0.3, -0.25) is 4.52 Å². The maximum absolute atomic E-state index is 13.7. The van der Waals surface area contributed by atoms with Gasteiger partial charge in [-0.25, -0.2) is 13.6 Å². The van der Waals surface area contributed by atoms with Crippen LogP contribution in [-0.4, -0.2) is 38.3 Å². The molecule has 3 unspecified atom stereocenters. The number of hydrogen-bond donors (Lipinski definition) is 0. The molecule has 0 saturated heterocycles. The highest BCUT2D eigenvalue weighted by Gasteiger charge is 2.63. The van der Waals surface area contributed by atoms with Crippen LogP contribution < -0.4 is 0 Å². The minimum absolute atomic E-state index is 0.108. The van der Waals surface area contributed by atoms with Crippen molar-refractivity contribution in [3.63, 3.8) is 0 Å². The monoisotopic (exact) mass is 766 g/mol. The number of alkyl halides is 13. The maximum Gasteiger partial charge on any atom is 0.482 e. The zero-order chi connectivity index (χ0) is 25.5. The number of phosphoric acid groups is 1. The Morgan fingerprint density at radius 2 is 1.06 bits per heavy atom. The molecule has 0 saturated carbocycles. The number of hydrogen-bond acceptors (Lipinski definition) is 4. The summed E-state index contributed by atoms with van der Waals surface area (Å²) in [4.78, 5) is 0. The summed E-state index contributed by atoms with van der Waals surface area (Å²) in [5, 5.41) is -2.30. The second-order valence-electron chi connectivity index (χ2n) is 6.77. The van der Waals surface area contributed by atoms with Crippen molar-refractivity contribution in [1.29, 1.82) is 0 Å². The van der Waals surface area contributed by atoms with Gasteiger partial charge in [-0.05, 0) is 29.8 Å². The summed E-state index contributed by atoms with van der Waals surface area (Å²) in [6.45, 7) is 5.74. The van der Waals surface area contributed by atoms with Crippen LogP contribution in [0.2, 0.25) is 0 Å². The van der Waals surface area contributed by atoms with Crippen LogP contribution in [0.15, 0.2) is 0 Å². The fourth-order valence-corrected chi connectivity index (χ4v) is 6.73. The highest BCUT2D eigenvalue weighted by Crippen LogP contribution is 2.68. The van der Waals surface area contributed by atoms with Gasteiger partial charge in [0.05, 0.1) is 10.8 Å². The van der Waals surface area contributed by atoms with Crippen molar-refractivity contribution in [1.82, 2.24) is 0 Å². The summed E-state index contributed by atoms with van der Waals surface area (Å²) in [5.74, 6) is -0.108. The molecule has 188 valence electrons. The van der Waals surface area contributed by atoms with E-state index in [1.54, 1.807) is 0 Å². The standard InChI is InChI=1S/C13H16BrCl12O4P/c1-6(16)9(18,19)12(23,24)29-31(27,28-11(14,22)8(3,4)5-15)30-13(25,26)10(20,21)7(2)17/h6-7H,5H2,1-4H3. The molecule has 0 aromatic carbocycles. The predicted molar refractivity (Wildman–Crippen MR) is 141 cm³/mol. The van der Waals surface area contributed by atoms with Gasteiger partial charge in [-0.1, -0.05) is 118 Å². The normalized spacial score (nSPS) is 20.7. The molecule has 0 radical (unpaired) electrons. The van der Waals surface area contributed by atoms with Gasteiger partial charge in [0.1, 0.15) is 0 Å². The third kappa shape index (κ3) is 8.54. The zero-order valence-corrected chi connectivity index (χ0v) is 27.4. The smallest absolute Gasteiger partial charge is 0.253 e. The van der Waals surface area contributed by atoms with Gasteiger partial charge in [0.25, 0.3) is 9.04 Å². The fraction of sp³-hybridized carbons (Fsp3) is 1.00. The van der Waals surface area contributed by atoms with E-state index in [1.807, 2.05) is 0 Å². The summed E-state index contributed by atoms with van der Waals surface area (Å²) in [5.41, 5.74) is -1.13. The van der Waals surface area contributed by atoms with E-state index in [-0.39, 0.29) is 5.88 Å². The van der Waals surface area contributed by atoms with Crippen molar-refractivity contribution in [2.24, 2.45) is 5.41 Å². The summed E-state index contributed by atoms with van der Waals surface area (Å²) in [6.07, 6.45) is 0. The van der Waals surface area contributed by atoms with Gasteiger partial charge in [0.15, 0.2) is 8.67 Å². The van der Waals surface area contributed by atoms with Gasteiger partial charge in [0.2, 0.25) is 3.97 Å². The Morgan fingerprint density at radius 3 is 1.29 bits per heavy atom. The van der Waals surface area contributed by atoms with E-state index in [4.69, 9.17) is 153 Å². The van der Waals surface area contributed by atoms with E-state index in [0.717, 1.165) is 0 Å². The van der Waals surface area contributed by atoms with Crippen LogP contribution in [0.25, 0.3) is 0 Å². The van der Waals surface area contributed by atoms with Gasteiger partial charge < -0.3 is 0 Å². The molecule has 0 aromatic rings. The lowest BCUT2D eigenvalue weighted by molar-refractivity contribution is 0.0243. The second kappa shape index (κ2) is 11.9. The van der Waals surface area contributed by atoms with Gasteiger partial charge >= 0.3 is 7.82 Å². The van der Waals surface area contributed by atoms with Gasteiger partial charge in [-0.15, -0.1) is 34.8 Å². The highest BCUT2D eigenvalue weighted by atomic mass is 79.9. The first kappa shape index (κ1) is 35.1. The lowest BCUT2D eigenvalue weighted by Gasteiger charge is -2.42. The SMILES string of the molecule is CC(Cl)C(Cl)(Cl)C(Cl)(Cl)OP(=O)(OC(Cl)(Cl)C(Cl)(Cl)C(C)Cl)OC(Cl)(Br)C(C)(C)CCl. The van der Waals surface area contributed by atoms with Crippen molar-refractivity contribution >= 4 is 163 Å². The first-order chi connectivity index (χ1) is 13.3. The van der Waals surface area contributed by atoms with Crippen molar-refractivity contribution in [2.75, 3.05) is 5.88 Å². The molecular formula is C13H16BrCl12O4P. The first-order valence-corrected chi connectivity index (χ1v) is 14.8. The largest absolute Gasteiger partial charge is 0.482 e. The van der Waals surface area contributed by atoms with Crippen LogP contribution in [0, 0.1) is 5.41 Å². The van der Waals surface area contributed by atoms with E-state index in [9.17, 15) is 4.57 Å². The highest BCUT2D eigenvalue weighted by molar-refractivity contribution is 9.10. The molecule has 0 aliphatic rings. The predicted octanol–water partition coefficient (Wildman–Crippen LogP) is 10.6. The minimum atomic E-state index is -5.19. The molecule has 0 amide bonds. The van der Waals surface area contributed by atoms with Crippen LogP contribution in [0.3, 0.4) is 0 Å². The summed E-state index contributed by atoms with van der Waals surface area (Å²) >= 11 is 75.8. The van der Waals surface area contributed by atoms with Crippen LogP contribution in [0.5, 0.6) is 0 Å². The second-order valence-corrected chi connectivity index (χ2v) is 17.2. The molecule has 0 fully saturated rings. The van der Waals surface area contributed by atoms with E-state index < -0.39 is 45.7 Å². The Hall–Kier alpha value is 4.07. The lowest BCUT2D eigenvalue weighted by atomic mass is 9.98. The first-order valence-electron chi connectivity index (χ1n) is 7.77. The number of phosphoric ester groups is 1. The molecular weight excluding hydrogens is 756 g/mol. The van der Waals surface area contributed by atoms with Gasteiger partial charge in [0, 0.05) is 11.3 Å². The molecule has 0 bridgehead atoms. The molecule has 4 nitrogen and oxygen atoms in total. The molecule has 0 N–H and O–H groups in total. The molecule has 0 aliphatic carbocycles. The Labute approximate surface area is 250 Å². The van der Waals surface area contributed by atoms with E-state index in [0.29, 0.717) is 0 Å². The molecule has 0 spiro atoms. The Kier molecular flexibility index (Phi) is 13.4. The lowest BCUT2D eigenvalue weighted by Crippen LogP contribution is -2.48. The third-order valence-corrected chi connectivity index (χ3v) is 14.1. The van der Waals surface area contributed by atoms with E-state index >= 15 is 0 Å². The average molecular weight is 773 g/mol. The summed E-state index contributed by atoms with van der Waals surface area (Å²) in [7, 11) is -5.19. The zero-order valence-electron chi connectivity index (χ0n) is 15.9. The molecule has 0 aliphatic heterocycles. The van der Waals surface area contributed by atoms with E-state index in [2.05, 4.69) is 15.9 Å². The van der Waals surface area contributed by atoms with Crippen molar-refractivity contribution < 1.29 is 18.1 Å². The average Bonchev–Trinajstić information content (AvgIpc) is 2.51. The van der Waals surface area contributed by atoms with Crippen LogP contribution >= 0.6 is 163 Å².